The Balaban J connectivity index is 1.91. The van der Waals surface area contributed by atoms with Crippen LogP contribution in [0, 0.1) is 0 Å². The normalized spacial score (nSPS) is 10.7. The summed E-state index contributed by atoms with van der Waals surface area (Å²) in [5, 5.41) is 19.5. The number of phenols is 1. The second kappa shape index (κ2) is 8.68. The molecule has 0 aliphatic rings. The Morgan fingerprint density at radius 1 is 0.893 bits per heavy atom. The molecular weight excluding hydrogens is 356 g/mol. The molecule has 5 nitrogen and oxygen atoms in total. The van der Waals surface area contributed by atoms with Gasteiger partial charge in [0.1, 0.15) is 18.1 Å². The minimum atomic E-state index is -1.18. The molecule has 0 amide bonds. The third kappa shape index (κ3) is 4.65. The number of benzene rings is 3. The third-order valence-corrected chi connectivity index (χ3v) is 4.06. The number of ether oxygens (including phenoxy) is 1. The van der Waals surface area contributed by atoms with Crippen LogP contribution in [0.4, 0.5) is 0 Å². The number of aromatic carboxylic acids is 1. The fourth-order valence-electron chi connectivity index (χ4n) is 2.62. The SMILES string of the molecule is O=C(O)c1cc(O)c(C=CC(=O)c2ccccc2)c(OCc2ccccc2)c1. The topological polar surface area (TPSA) is 83.8 Å². The molecule has 0 heterocycles. The summed E-state index contributed by atoms with van der Waals surface area (Å²) in [4.78, 5) is 23.6. The van der Waals surface area contributed by atoms with Gasteiger partial charge >= 0.3 is 5.97 Å². The monoisotopic (exact) mass is 374 g/mol. The van der Waals surface area contributed by atoms with Gasteiger partial charge in [0.15, 0.2) is 5.78 Å². The lowest BCUT2D eigenvalue weighted by Gasteiger charge is -2.12. The average molecular weight is 374 g/mol. The summed E-state index contributed by atoms with van der Waals surface area (Å²) in [7, 11) is 0. The number of carbonyl (C=O) groups is 2. The van der Waals surface area contributed by atoms with E-state index >= 15 is 0 Å². The highest BCUT2D eigenvalue weighted by atomic mass is 16.5. The summed E-state index contributed by atoms with van der Waals surface area (Å²) in [5.74, 6) is -1.52. The molecule has 0 spiro atoms. The van der Waals surface area contributed by atoms with Crippen molar-refractivity contribution in [2.75, 3.05) is 0 Å². The zero-order valence-electron chi connectivity index (χ0n) is 14.9. The maximum Gasteiger partial charge on any atom is 0.335 e. The predicted molar refractivity (Wildman–Crippen MR) is 106 cm³/mol. The number of carboxylic acids is 1. The maximum atomic E-state index is 12.3. The number of hydrogen-bond donors (Lipinski definition) is 2. The Morgan fingerprint density at radius 2 is 1.54 bits per heavy atom. The molecule has 0 bridgehead atoms. The van der Waals surface area contributed by atoms with Gasteiger partial charge in [0, 0.05) is 5.56 Å². The highest BCUT2D eigenvalue weighted by Crippen LogP contribution is 2.32. The Hall–Kier alpha value is -3.86. The van der Waals surface area contributed by atoms with Crippen molar-refractivity contribution in [1.82, 2.24) is 0 Å². The zero-order valence-corrected chi connectivity index (χ0v) is 14.9. The van der Waals surface area contributed by atoms with E-state index in [9.17, 15) is 19.8 Å². The first-order valence-corrected chi connectivity index (χ1v) is 8.59. The van der Waals surface area contributed by atoms with Crippen LogP contribution in [0.3, 0.4) is 0 Å². The summed E-state index contributed by atoms with van der Waals surface area (Å²) in [6.45, 7) is 0.191. The third-order valence-electron chi connectivity index (χ3n) is 4.06. The Morgan fingerprint density at radius 3 is 2.18 bits per heavy atom. The Bertz CT molecular complexity index is 1010. The highest BCUT2D eigenvalue weighted by molar-refractivity contribution is 6.07. The first-order chi connectivity index (χ1) is 13.5. The van der Waals surface area contributed by atoms with Gasteiger partial charge in [-0.05, 0) is 29.8 Å². The van der Waals surface area contributed by atoms with Crippen molar-refractivity contribution in [2.24, 2.45) is 0 Å². The molecule has 0 unspecified atom stereocenters. The summed E-state index contributed by atoms with van der Waals surface area (Å²) in [5.41, 5.74) is 1.53. The van der Waals surface area contributed by atoms with E-state index in [4.69, 9.17) is 4.74 Å². The van der Waals surface area contributed by atoms with Gasteiger partial charge in [0.2, 0.25) is 0 Å². The molecule has 0 aliphatic carbocycles. The number of carboxylic acid groups (broad SMARTS) is 1. The van der Waals surface area contributed by atoms with Crippen LogP contribution in [-0.4, -0.2) is 22.0 Å². The zero-order chi connectivity index (χ0) is 19.9. The van der Waals surface area contributed by atoms with E-state index in [-0.39, 0.29) is 35.0 Å². The fraction of sp³-hybridized carbons (Fsp3) is 0.0435. The van der Waals surface area contributed by atoms with Crippen molar-refractivity contribution in [2.45, 2.75) is 6.61 Å². The lowest BCUT2D eigenvalue weighted by atomic mass is 10.1. The molecule has 0 atom stereocenters. The Kier molecular flexibility index (Phi) is 5.87. The van der Waals surface area contributed by atoms with Crippen molar-refractivity contribution in [3.05, 3.63) is 101 Å². The van der Waals surface area contributed by atoms with Gasteiger partial charge in [-0.25, -0.2) is 4.79 Å². The molecule has 0 saturated heterocycles. The van der Waals surface area contributed by atoms with Gasteiger partial charge in [-0.1, -0.05) is 60.7 Å². The van der Waals surface area contributed by atoms with Gasteiger partial charge < -0.3 is 14.9 Å². The average Bonchev–Trinajstić information content (AvgIpc) is 2.72. The molecule has 5 heteroatoms. The van der Waals surface area contributed by atoms with Crippen LogP contribution in [0.1, 0.15) is 31.8 Å². The van der Waals surface area contributed by atoms with Gasteiger partial charge in [0.25, 0.3) is 0 Å². The van der Waals surface area contributed by atoms with Crippen molar-refractivity contribution < 1.29 is 24.5 Å². The highest BCUT2D eigenvalue weighted by Gasteiger charge is 2.14. The molecule has 0 saturated carbocycles. The van der Waals surface area contributed by atoms with Crippen molar-refractivity contribution in [3.8, 4) is 11.5 Å². The predicted octanol–water partition coefficient (Wildman–Crippen LogP) is 4.57. The number of ketones is 1. The van der Waals surface area contributed by atoms with Crippen LogP contribution in [0.15, 0.2) is 78.9 Å². The van der Waals surface area contributed by atoms with E-state index in [1.165, 1.54) is 18.2 Å². The summed E-state index contributed by atoms with van der Waals surface area (Å²) in [6.07, 6.45) is 2.75. The van der Waals surface area contributed by atoms with E-state index in [2.05, 4.69) is 0 Å². The smallest absolute Gasteiger partial charge is 0.335 e. The molecule has 0 fully saturated rings. The van der Waals surface area contributed by atoms with Crippen molar-refractivity contribution in [3.63, 3.8) is 0 Å². The van der Waals surface area contributed by atoms with E-state index in [1.54, 1.807) is 24.3 Å². The number of rotatable bonds is 7. The second-order valence-corrected chi connectivity index (χ2v) is 6.05. The molecule has 3 aromatic carbocycles. The lowest BCUT2D eigenvalue weighted by Crippen LogP contribution is -2.02. The second-order valence-electron chi connectivity index (χ2n) is 6.05. The summed E-state index contributed by atoms with van der Waals surface area (Å²) in [6, 6.07) is 20.5. The molecule has 3 aromatic rings. The van der Waals surface area contributed by atoms with E-state index in [0.717, 1.165) is 11.6 Å². The van der Waals surface area contributed by atoms with Crippen LogP contribution >= 0.6 is 0 Å². The molecule has 0 aromatic heterocycles. The van der Waals surface area contributed by atoms with Crippen LogP contribution in [0.5, 0.6) is 11.5 Å². The van der Waals surface area contributed by atoms with Crippen molar-refractivity contribution in [1.29, 1.82) is 0 Å². The standard InChI is InChI=1S/C23H18O5/c24-20(17-9-5-2-6-10-17)12-11-19-21(25)13-18(23(26)27)14-22(19)28-15-16-7-3-1-4-8-16/h1-14,25H,15H2,(H,26,27). The molecular formula is C23H18O5. The maximum absolute atomic E-state index is 12.3. The summed E-state index contributed by atoms with van der Waals surface area (Å²) >= 11 is 0. The number of aromatic hydroxyl groups is 1. The molecule has 0 aliphatic heterocycles. The van der Waals surface area contributed by atoms with Gasteiger partial charge in [0.05, 0.1) is 11.1 Å². The summed E-state index contributed by atoms with van der Waals surface area (Å²) < 4.78 is 5.75. The minimum absolute atomic E-state index is 0.105. The Labute approximate surface area is 162 Å². The van der Waals surface area contributed by atoms with Crippen LogP contribution in [0.25, 0.3) is 6.08 Å². The largest absolute Gasteiger partial charge is 0.507 e. The fourth-order valence-corrected chi connectivity index (χ4v) is 2.62. The number of phenolic OH excluding ortho intramolecular Hbond substituents is 1. The molecule has 3 rings (SSSR count). The molecule has 0 radical (unpaired) electrons. The number of allylic oxidation sites excluding steroid dienone is 1. The van der Waals surface area contributed by atoms with E-state index < -0.39 is 5.97 Å². The van der Waals surface area contributed by atoms with Crippen LogP contribution < -0.4 is 4.74 Å². The molecule has 2 N–H and O–H groups in total. The van der Waals surface area contributed by atoms with Gasteiger partial charge in [-0.2, -0.15) is 0 Å². The van der Waals surface area contributed by atoms with E-state index in [1.807, 2.05) is 36.4 Å². The lowest BCUT2D eigenvalue weighted by molar-refractivity contribution is 0.0695. The molecule has 140 valence electrons. The van der Waals surface area contributed by atoms with Crippen molar-refractivity contribution >= 4 is 17.8 Å². The molecule has 28 heavy (non-hydrogen) atoms. The first-order valence-electron chi connectivity index (χ1n) is 8.59. The number of hydrogen-bond acceptors (Lipinski definition) is 4. The van der Waals surface area contributed by atoms with Crippen LogP contribution in [-0.2, 0) is 6.61 Å². The minimum Gasteiger partial charge on any atom is -0.507 e. The number of carbonyl (C=O) groups excluding carboxylic acids is 1. The van der Waals surface area contributed by atoms with Gasteiger partial charge in [-0.3, -0.25) is 4.79 Å². The quantitative estimate of drug-likeness (QED) is 0.468. The van der Waals surface area contributed by atoms with Crippen LogP contribution in [0.2, 0.25) is 0 Å². The van der Waals surface area contributed by atoms with Gasteiger partial charge in [-0.15, -0.1) is 0 Å². The van der Waals surface area contributed by atoms with E-state index in [0.29, 0.717) is 5.56 Å². The first kappa shape index (κ1) is 18.9.